The van der Waals surface area contributed by atoms with E-state index >= 15 is 0 Å². The fourth-order valence-corrected chi connectivity index (χ4v) is 2.13. The molecule has 0 saturated carbocycles. The summed E-state index contributed by atoms with van der Waals surface area (Å²) in [6, 6.07) is 4.88. The summed E-state index contributed by atoms with van der Waals surface area (Å²) in [5.41, 5.74) is 0.302. The van der Waals surface area contributed by atoms with Crippen molar-refractivity contribution in [2.45, 2.75) is 12.2 Å². The monoisotopic (exact) mass is 296 g/mol. The number of anilines is 1. The van der Waals surface area contributed by atoms with Crippen molar-refractivity contribution in [2.24, 2.45) is 0 Å². The molecule has 2 rings (SSSR count). The number of carboxylic acids is 1. The van der Waals surface area contributed by atoms with Crippen LogP contribution in [0.1, 0.15) is 0 Å². The van der Waals surface area contributed by atoms with E-state index in [1.165, 1.54) is 29.2 Å². The number of carbonyl (C=O) groups is 2. The molecule has 1 saturated heterocycles. The molecule has 1 aliphatic heterocycles. The van der Waals surface area contributed by atoms with E-state index in [0.717, 1.165) is 4.90 Å². The van der Waals surface area contributed by atoms with Gasteiger partial charge in [-0.2, -0.15) is 0 Å². The van der Waals surface area contributed by atoms with Gasteiger partial charge in [0.1, 0.15) is 12.3 Å². The van der Waals surface area contributed by atoms with Gasteiger partial charge in [0.25, 0.3) is 0 Å². The fraction of sp³-hybridized carbons (Fsp3) is 0.385. The Kier molecular flexibility index (Phi) is 4.29. The Bertz CT molecular complexity index is 522. The third-order valence-electron chi connectivity index (χ3n) is 3.22. The highest BCUT2D eigenvalue weighted by molar-refractivity contribution is 5.96. The van der Waals surface area contributed by atoms with E-state index in [4.69, 9.17) is 5.11 Å². The number of phenols is 1. The van der Waals surface area contributed by atoms with Crippen LogP contribution in [0.25, 0.3) is 0 Å². The van der Waals surface area contributed by atoms with Gasteiger partial charge in [0, 0.05) is 5.69 Å². The molecule has 1 aromatic carbocycles. The van der Waals surface area contributed by atoms with Gasteiger partial charge in [0.15, 0.2) is 0 Å². The Labute approximate surface area is 120 Å². The molecule has 0 aliphatic carbocycles. The molecule has 1 aromatic rings. The number of rotatable bonds is 3. The number of aliphatic hydroxyl groups excluding tert-OH is 2. The molecule has 2 unspecified atom stereocenters. The molecule has 0 radical (unpaired) electrons. The van der Waals surface area contributed by atoms with Crippen LogP contribution in [0.3, 0.4) is 0 Å². The fourth-order valence-electron chi connectivity index (χ4n) is 2.13. The molecule has 0 aromatic heterocycles. The number of carboxylic acid groups (broad SMARTS) is 1. The largest absolute Gasteiger partial charge is 0.508 e. The van der Waals surface area contributed by atoms with E-state index in [-0.39, 0.29) is 18.8 Å². The van der Waals surface area contributed by atoms with Crippen LogP contribution >= 0.6 is 0 Å². The molecule has 2 atom stereocenters. The van der Waals surface area contributed by atoms with Gasteiger partial charge in [0.2, 0.25) is 0 Å². The van der Waals surface area contributed by atoms with Crippen LogP contribution in [-0.2, 0) is 4.79 Å². The van der Waals surface area contributed by atoms with Crippen molar-refractivity contribution >= 4 is 17.7 Å². The second kappa shape index (κ2) is 5.98. The second-order valence-electron chi connectivity index (χ2n) is 4.82. The van der Waals surface area contributed by atoms with E-state index in [0.29, 0.717) is 5.69 Å². The highest BCUT2D eigenvalue weighted by atomic mass is 16.4. The van der Waals surface area contributed by atoms with Gasteiger partial charge in [-0.15, -0.1) is 0 Å². The van der Waals surface area contributed by atoms with E-state index in [2.05, 4.69) is 0 Å². The topological polar surface area (TPSA) is 122 Å². The van der Waals surface area contributed by atoms with Crippen molar-refractivity contribution in [3.05, 3.63) is 24.3 Å². The molecule has 0 spiro atoms. The number of β-amino-alcohol motifs (C(OH)–C–C–N with tert-alkyl or cyclic N) is 2. The Morgan fingerprint density at radius 1 is 1.14 bits per heavy atom. The van der Waals surface area contributed by atoms with Gasteiger partial charge in [-0.3, -0.25) is 9.69 Å². The molecule has 4 N–H and O–H groups in total. The lowest BCUT2D eigenvalue weighted by atomic mass is 10.2. The van der Waals surface area contributed by atoms with E-state index < -0.39 is 30.8 Å². The number of phenolic OH excluding ortho intramolecular Hbond substituents is 1. The third-order valence-corrected chi connectivity index (χ3v) is 3.22. The van der Waals surface area contributed by atoms with Crippen molar-refractivity contribution in [2.75, 3.05) is 24.5 Å². The van der Waals surface area contributed by atoms with Crippen molar-refractivity contribution in [1.82, 2.24) is 4.90 Å². The maximum atomic E-state index is 12.4. The smallest absolute Gasteiger partial charge is 0.325 e. The average Bonchev–Trinajstić information content (AvgIpc) is 2.76. The van der Waals surface area contributed by atoms with Crippen LogP contribution in [0.5, 0.6) is 5.75 Å². The highest BCUT2D eigenvalue weighted by Gasteiger charge is 2.35. The van der Waals surface area contributed by atoms with Crippen molar-refractivity contribution in [3.8, 4) is 5.75 Å². The number of nitrogens with zero attached hydrogens (tertiary/aromatic N) is 2. The zero-order valence-corrected chi connectivity index (χ0v) is 11.1. The predicted octanol–water partition coefficient (Wildman–Crippen LogP) is -0.559. The lowest BCUT2D eigenvalue weighted by Crippen LogP contribution is -2.45. The van der Waals surface area contributed by atoms with Crippen molar-refractivity contribution in [3.63, 3.8) is 0 Å². The molecule has 0 bridgehead atoms. The number of benzene rings is 1. The molecule has 2 amide bonds. The first-order valence-corrected chi connectivity index (χ1v) is 6.32. The molecule has 8 nitrogen and oxygen atoms in total. The number of urea groups is 1. The Morgan fingerprint density at radius 2 is 1.67 bits per heavy atom. The molecular formula is C13H16N2O6. The molecule has 114 valence electrons. The quantitative estimate of drug-likeness (QED) is 0.593. The lowest BCUT2D eigenvalue weighted by molar-refractivity contribution is -0.135. The van der Waals surface area contributed by atoms with Gasteiger partial charge in [-0.1, -0.05) is 0 Å². The summed E-state index contributed by atoms with van der Waals surface area (Å²) in [6.07, 6.45) is -2.08. The first-order valence-electron chi connectivity index (χ1n) is 6.32. The van der Waals surface area contributed by atoms with Gasteiger partial charge in [0.05, 0.1) is 25.3 Å². The summed E-state index contributed by atoms with van der Waals surface area (Å²) in [7, 11) is 0. The van der Waals surface area contributed by atoms with Crippen LogP contribution in [0, 0.1) is 0 Å². The number of aromatic hydroxyl groups is 1. The average molecular weight is 296 g/mol. The zero-order chi connectivity index (χ0) is 15.6. The zero-order valence-electron chi connectivity index (χ0n) is 11.1. The Morgan fingerprint density at radius 3 is 2.14 bits per heavy atom. The number of hydrogen-bond donors (Lipinski definition) is 4. The number of aliphatic hydroxyl groups is 2. The summed E-state index contributed by atoms with van der Waals surface area (Å²) in [5.74, 6) is -1.20. The normalized spacial score (nSPS) is 21.3. The Hall–Kier alpha value is -2.32. The first-order chi connectivity index (χ1) is 9.88. The van der Waals surface area contributed by atoms with Crippen LogP contribution in [0.4, 0.5) is 10.5 Å². The standard InChI is InChI=1S/C13H16N2O6/c16-9-3-1-8(2-4-9)15(7-12(19)20)13(21)14-5-10(17)11(18)6-14/h1-4,10-11,16-18H,5-7H2,(H,19,20). The third kappa shape index (κ3) is 3.41. The number of hydrogen-bond acceptors (Lipinski definition) is 5. The number of likely N-dealkylation sites (tertiary alicyclic amines) is 1. The summed E-state index contributed by atoms with van der Waals surface area (Å²) in [4.78, 5) is 25.5. The minimum atomic E-state index is -1.20. The van der Waals surface area contributed by atoms with Gasteiger partial charge in [-0.25, -0.2) is 4.79 Å². The molecular weight excluding hydrogens is 280 g/mol. The lowest BCUT2D eigenvalue weighted by Gasteiger charge is -2.26. The van der Waals surface area contributed by atoms with Gasteiger partial charge in [-0.05, 0) is 24.3 Å². The van der Waals surface area contributed by atoms with Gasteiger partial charge >= 0.3 is 12.0 Å². The summed E-state index contributed by atoms with van der Waals surface area (Å²) >= 11 is 0. The molecule has 8 heteroatoms. The van der Waals surface area contributed by atoms with Crippen LogP contribution < -0.4 is 4.90 Å². The van der Waals surface area contributed by atoms with Crippen LogP contribution in [0.15, 0.2) is 24.3 Å². The van der Waals surface area contributed by atoms with Crippen LogP contribution in [-0.4, -0.2) is 69.2 Å². The second-order valence-corrected chi connectivity index (χ2v) is 4.82. The molecule has 1 fully saturated rings. The summed E-state index contributed by atoms with van der Waals surface area (Å²) in [5, 5.41) is 37.1. The highest BCUT2D eigenvalue weighted by Crippen LogP contribution is 2.21. The predicted molar refractivity (Wildman–Crippen MR) is 72.1 cm³/mol. The minimum Gasteiger partial charge on any atom is -0.508 e. The van der Waals surface area contributed by atoms with E-state index in [9.17, 15) is 24.9 Å². The van der Waals surface area contributed by atoms with Crippen molar-refractivity contribution in [1.29, 1.82) is 0 Å². The van der Waals surface area contributed by atoms with Crippen LogP contribution in [0.2, 0.25) is 0 Å². The molecule has 21 heavy (non-hydrogen) atoms. The number of amides is 2. The van der Waals surface area contributed by atoms with E-state index in [1.54, 1.807) is 0 Å². The first kappa shape index (κ1) is 15.1. The van der Waals surface area contributed by atoms with Crippen molar-refractivity contribution < 1.29 is 30.0 Å². The minimum absolute atomic E-state index is 0.00603. The number of aliphatic carboxylic acids is 1. The molecule has 1 aliphatic rings. The van der Waals surface area contributed by atoms with E-state index in [1.807, 2.05) is 0 Å². The SMILES string of the molecule is O=C(O)CN(C(=O)N1CC(O)C(O)C1)c1ccc(O)cc1. The maximum Gasteiger partial charge on any atom is 0.325 e. The number of carbonyl (C=O) groups excluding carboxylic acids is 1. The molecule has 1 heterocycles. The summed E-state index contributed by atoms with van der Waals surface area (Å²) in [6.45, 7) is -0.686. The van der Waals surface area contributed by atoms with Gasteiger partial charge < -0.3 is 25.3 Å². The summed E-state index contributed by atoms with van der Waals surface area (Å²) < 4.78 is 0. The maximum absolute atomic E-state index is 12.4. The Balaban J connectivity index is 2.21.